The quantitative estimate of drug-likeness (QED) is 0.341. The van der Waals surface area contributed by atoms with Crippen molar-refractivity contribution in [2.24, 2.45) is 0 Å². The van der Waals surface area contributed by atoms with E-state index < -0.39 is 0 Å². The van der Waals surface area contributed by atoms with Crippen LogP contribution < -0.4 is 14.8 Å². The standard InChI is InChI=1S/C23H28BrNO3/c1-4-5-6-7-14-28-21-12-9-18(16-22(21)27-3)10-13-23(26)25-20-11-8-17(2)15-19(20)24/h8-13,15-16H,4-7,14H2,1-3H3,(H,25,26)/b13-10+. The van der Waals surface area contributed by atoms with Gasteiger partial charge in [-0.2, -0.15) is 0 Å². The summed E-state index contributed by atoms with van der Waals surface area (Å²) in [6, 6.07) is 11.5. The summed E-state index contributed by atoms with van der Waals surface area (Å²) in [6.45, 7) is 4.87. The highest BCUT2D eigenvalue weighted by Crippen LogP contribution is 2.29. The van der Waals surface area contributed by atoms with E-state index in [9.17, 15) is 4.79 Å². The zero-order valence-corrected chi connectivity index (χ0v) is 18.3. The van der Waals surface area contributed by atoms with Crippen LogP contribution in [-0.4, -0.2) is 19.6 Å². The topological polar surface area (TPSA) is 47.6 Å². The van der Waals surface area contributed by atoms with Gasteiger partial charge in [0.15, 0.2) is 11.5 Å². The van der Waals surface area contributed by atoms with E-state index in [0.29, 0.717) is 12.4 Å². The number of anilines is 1. The SMILES string of the molecule is CCCCCCOc1ccc(/C=C/C(=O)Nc2ccc(C)cc2Br)cc1OC. The van der Waals surface area contributed by atoms with Gasteiger partial charge in [-0.3, -0.25) is 4.79 Å². The predicted molar refractivity (Wildman–Crippen MR) is 119 cm³/mol. The van der Waals surface area contributed by atoms with Crippen molar-refractivity contribution in [2.45, 2.75) is 39.5 Å². The fourth-order valence-corrected chi connectivity index (χ4v) is 3.28. The molecule has 0 saturated carbocycles. The Morgan fingerprint density at radius 1 is 1.11 bits per heavy atom. The Hall–Kier alpha value is -2.27. The van der Waals surface area contributed by atoms with Gasteiger partial charge in [0.1, 0.15) is 0 Å². The number of carbonyl (C=O) groups is 1. The third-order valence-electron chi connectivity index (χ3n) is 4.25. The van der Waals surface area contributed by atoms with Gasteiger partial charge in [0, 0.05) is 10.5 Å². The van der Waals surface area contributed by atoms with E-state index in [1.54, 1.807) is 13.2 Å². The number of aryl methyl sites for hydroxylation is 1. The van der Waals surface area contributed by atoms with Crippen LogP contribution in [0, 0.1) is 6.92 Å². The largest absolute Gasteiger partial charge is 0.493 e. The number of amides is 1. The molecule has 1 N–H and O–H groups in total. The van der Waals surface area contributed by atoms with Gasteiger partial charge in [0.25, 0.3) is 0 Å². The molecule has 0 fully saturated rings. The molecule has 2 aromatic rings. The van der Waals surface area contributed by atoms with Gasteiger partial charge < -0.3 is 14.8 Å². The first-order valence-electron chi connectivity index (χ1n) is 9.59. The normalized spacial score (nSPS) is 10.9. The summed E-state index contributed by atoms with van der Waals surface area (Å²) >= 11 is 3.46. The van der Waals surface area contributed by atoms with Crippen molar-refractivity contribution in [1.29, 1.82) is 0 Å². The van der Waals surface area contributed by atoms with E-state index in [1.165, 1.54) is 25.3 Å². The zero-order chi connectivity index (χ0) is 20.4. The Bertz CT molecular complexity index is 817. The van der Waals surface area contributed by atoms with Crippen LogP contribution in [0.25, 0.3) is 6.08 Å². The lowest BCUT2D eigenvalue weighted by molar-refractivity contribution is -0.111. The number of benzene rings is 2. The van der Waals surface area contributed by atoms with Crippen molar-refractivity contribution < 1.29 is 14.3 Å². The smallest absolute Gasteiger partial charge is 0.248 e. The molecule has 0 radical (unpaired) electrons. The van der Waals surface area contributed by atoms with Crippen LogP contribution in [-0.2, 0) is 4.79 Å². The maximum atomic E-state index is 12.2. The highest BCUT2D eigenvalue weighted by Gasteiger charge is 2.06. The second kappa shape index (κ2) is 11.5. The van der Waals surface area contributed by atoms with Crippen LogP contribution in [0.3, 0.4) is 0 Å². The van der Waals surface area contributed by atoms with Crippen LogP contribution in [0.15, 0.2) is 46.9 Å². The molecule has 4 nitrogen and oxygen atoms in total. The second-order valence-electron chi connectivity index (χ2n) is 6.63. The summed E-state index contributed by atoms with van der Waals surface area (Å²) in [5, 5.41) is 2.86. The van der Waals surface area contributed by atoms with Gasteiger partial charge in [0.05, 0.1) is 19.4 Å². The minimum Gasteiger partial charge on any atom is -0.493 e. The molecule has 0 saturated heterocycles. The van der Waals surface area contributed by atoms with Crippen LogP contribution >= 0.6 is 15.9 Å². The maximum Gasteiger partial charge on any atom is 0.248 e. The molecular formula is C23H28BrNO3. The van der Waals surface area contributed by atoms with Gasteiger partial charge in [-0.25, -0.2) is 0 Å². The third-order valence-corrected chi connectivity index (χ3v) is 4.91. The maximum absolute atomic E-state index is 12.2. The fourth-order valence-electron chi connectivity index (χ4n) is 2.69. The lowest BCUT2D eigenvalue weighted by atomic mass is 10.2. The number of halogens is 1. The number of rotatable bonds is 10. The number of ether oxygens (including phenoxy) is 2. The molecule has 0 spiro atoms. The average Bonchev–Trinajstić information content (AvgIpc) is 2.69. The average molecular weight is 446 g/mol. The molecule has 0 heterocycles. The molecule has 0 aromatic heterocycles. The number of hydrogen-bond acceptors (Lipinski definition) is 3. The number of carbonyl (C=O) groups excluding carboxylic acids is 1. The highest BCUT2D eigenvalue weighted by molar-refractivity contribution is 9.10. The van der Waals surface area contributed by atoms with Crippen molar-refractivity contribution in [2.75, 3.05) is 19.0 Å². The van der Waals surface area contributed by atoms with E-state index in [-0.39, 0.29) is 5.91 Å². The predicted octanol–water partition coefficient (Wildman–Crippen LogP) is 6.38. The molecule has 2 rings (SSSR count). The van der Waals surface area contributed by atoms with E-state index in [1.807, 2.05) is 43.3 Å². The van der Waals surface area contributed by atoms with Gasteiger partial charge in [-0.1, -0.05) is 38.3 Å². The van der Waals surface area contributed by atoms with Crippen LogP contribution in [0.4, 0.5) is 5.69 Å². The fraction of sp³-hybridized carbons (Fsp3) is 0.348. The van der Waals surface area contributed by atoms with Crippen molar-refractivity contribution in [3.63, 3.8) is 0 Å². The molecule has 150 valence electrons. The summed E-state index contributed by atoms with van der Waals surface area (Å²) in [5.74, 6) is 1.20. The second-order valence-corrected chi connectivity index (χ2v) is 7.48. The molecule has 5 heteroatoms. The van der Waals surface area contributed by atoms with Crippen molar-refractivity contribution in [3.05, 3.63) is 58.1 Å². The first-order chi connectivity index (χ1) is 13.5. The monoisotopic (exact) mass is 445 g/mol. The summed E-state index contributed by atoms with van der Waals surface area (Å²) in [7, 11) is 1.62. The van der Waals surface area contributed by atoms with E-state index in [0.717, 1.165) is 33.5 Å². The van der Waals surface area contributed by atoms with E-state index in [2.05, 4.69) is 28.2 Å². The van der Waals surface area contributed by atoms with Crippen molar-refractivity contribution in [3.8, 4) is 11.5 Å². The number of hydrogen-bond donors (Lipinski definition) is 1. The summed E-state index contributed by atoms with van der Waals surface area (Å²) in [6.07, 6.45) is 7.90. The Morgan fingerprint density at radius 2 is 1.93 bits per heavy atom. The summed E-state index contributed by atoms with van der Waals surface area (Å²) < 4.78 is 12.1. The van der Waals surface area contributed by atoms with Crippen LogP contribution in [0.2, 0.25) is 0 Å². The van der Waals surface area contributed by atoms with Gasteiger partial charge in [-0.15, -0.1) is 0 Å². The zero-order valence-electron chi connectivity index (χ0n) is 16.8. The van der Waals surface area contributed by atoms with E-state index in [4.69, 9.17) is 9.47 Å². The Balaban J connectivity index is 1.96. The Labute approximate surface area is 176 Å². The highest BCUT2D eigenvalue weighted by atomic mass is 79.9. The molecule has 0 atom stereocenters. The number of unbranched alkanes of at least 4 members (excludes halogenated alkanes) is 3. The van der Waals surface area contributed by atoms with Gasteiger partial charge in [-0.05, 0) is 70.7 Å². The van der Waals surface area contributed by atoms with Gasteiger partial charge in [0.2, 0.25) is 5.91 Å². The lowest BCUT2D eigenvalue weighted by Gasteiger charge is -2.11. The lowest BCUT2D eigenvalue weighted by Crippen LogP contribution is -2.08. The molecule has 0 bridgehead atoms. The summed E-state index contributed by atoms with van der Waals surface area (Å²) in [5.41, 5.74) is 2.73. The minimum absolute atomic E-state index is 0.195. The van der Waals surface area contributed by atoms with Crippen molar-refractivity contribution >= 4 is 33.6 Å². The molecule has 0 aliphatic carbocycles. The van der Waals surface area contributed by atoms with E-state index >= 15 is 0 Å². The van der Waals surface area contributed by atoms with Gasteiger partial charge >= 0.3 is 0 Å². The first-order valence-corrected chi connectivity index (χ1v) is 10.4. The number of nitrogens with one attached hydrogen (secondary N) is 1. The number of methoxy groups -OCH3 is 1. The minimum atomic E-state index is -0.195. The summed E-state index contributed by atoms with van der Waals surface area (Å²) in [4.78, 5) is 12.2. The molecule has 28 heavy (non-hydrogen) atoms. The van der Waals surface area contributed by atoms with Crippen LogP contribution in [0.5, 0.6) is 11.5 Å². The molecule has 2 aromatic carbocycles. The van der Waals surface area contributed by atoms with Crippen molar-refractivity contribution in [1.82, 2.24) is 0 Å². The molecule has 0 aliphatic rings. The molecule has 0 unspecified atom stereocenters. The Kier molecular flexibility index (Phi) is 9.08. The van der Waals surface area contributed by atoms with Crippen LogP contribution in [0.1, 0.15) is 43.7 Å². The molecular weight excluding hydrogens is 418 g/mol. The molecule has 1 amide bonds. The Morgan fingerprint density at radius 3 is 2.64 bits per heavy atom. The first kappa shape index (κ1) is 22.0. The third kappa shape index (κ3) is 7.04. The molecule has 0 aliphatic heterocycles.